The zero-order valence-electron chi connectivity index (χ0n) is 13.7. The molecule has 1 aliphatic carbocycles. The maximum absolute atomic E-state index is 12.0. The average molecular weight is 322 g/mol. The molecule has 4 fully saturated rings. The summed E-state index contributed by atoms with van der Waals surface area (Å²) in [6, 6.07) is 0. The lowest BCUT2D eigenvalue weighted by Crippen LogP contribution is -2.40. The molecule has 3 aliphatic heterocycles. The van der Waals surface area contributed by atoms with Crippen LogP contribution in [0.2, 0.25) is 0 Å². The van der Waals surface area contributed by atoms with Gasteiger partial charge in [-0.05, 0) is 33.1 Å². The van der Waals surface area contributed by atoms with Gasteiger partial charge in [0.15, 0.2) is 0 Å². The van der Waals surface area contributed by atoms with Gasteiger partial charge in [0.2, 0.25) is 0 Å². The summed E-state index contributed by atoms with van der Waals surface area (Å²) < 4.78 is 22.8. The molecule has 6 nitrogen and oxygen atoms in total. The molecule has 0 amide bonds. The Hall–Kier alpha value is -1.40. The van der Waals surface area contributed by atoms with Crippen molar-refractivity contribution in [1.29, 1.82) is 0 Å². The second-order valence-corrected chi connectivity index (χ2v) is 7.52. The third-order valence-electron chi connectivity index (χ3n) is 5.89. The van der Waals surface area contributed by atoms with Crippen LogP contribution in [-0.2, 0) is 28.5 Å². The van der Waals surface area contributed by atoms with E-state index in [1.54, 1.807) is 0 Å². The van der Waals surface area contributed by atoms with E-state index in [0.717, 1.165) is 12.8 Å². The third-order valence-corrected chi connectivity index (χ3v) is 5.89. The van der Waals surface area contributed by atoms with Gasteiger partial charge in [-0.15, -0.1) is 0 Å². The Morgan fingerprint density at radius 1 is 1.35 bits per heavy atom. The van der Waals surface area contributed by atoms with E-state index in [1.165, 1.54) is 6.92 Å². The zero-order chi connectivity index (χ0) is 16.6. The molecule has 0 unspecified atom stereocenters. The summed E-state index contributed by atoms with van der Waals surface area (Å²) in [7, 11) is 0. The lowest BCUT2D eigenvalue weighted by molar-refractivity contribution is -0.151. The normalized spacial score (nSPS) is 51.0. The van der Waals surface area contributed by atoms with E-state index < -0.39 is 11.7 Å². The highest BCUT2D eigenvalue weighted by Crippen LogP contribution is 2.55. The van der Waals surface area contributed by atoms with Crippen LogP contribution in [0.5, 0.6) is 0 Å². The number of carbonyl (C=O) groups is 2. The second-order valence-electron chi connectivity index (χ2n) is 7.52. The number of ether oxygens (including phenoxy) is 4. The summed E-state index contributed by atoms with van der Waals surface area (Å²) in [5, 5.41) is 0. The third kappa shape index (κ3) is 2.22. The molecule has 0 aromatic rings. The Kier molecular flexibility index (Phi) is 3.01. The fraction of sp³-hybridized carbons (Fsp3) is 0.765. The Balaban J connectivity index is 1.66. The molecule has 0 aromatic carbocycles. The van der Waals surface area contributed by atoms with Gasteiger partial charge in [0.05, 0.1) is 11.7 Å². The minimum absolute atomic E-state index is 0.0522. The topological polar surface area (TPSA) is 77.7 Å². The Morgan fingerprint density at radius 3 is 2.78 bits per heavy atom. The number of fused-ring (bicyclic) bond motifs is 4. The first-order chi connectivity index (χ1) is 10.7. The maximum Gasteiger partial charge on any atom is 0.334 e. The summed E-state index contributed by atoms with van der Waals surface area (Å²) in [6.07, 6.45) is 1.32. The maximum atomic E-state index is 12.0. The van der Waals surface area contributed by atoms with Crippen molar-refractivity contribution in [1.82, 2.24) is 0 Å². The van der Waals surface area contributed by atoms with Crippen LogP contribution in [0.4, 0.5) is 0 Å². The molecule has 3 heterocycles. The highest BCUT2D eigenvalue weighted by atomic mass is 16.7. The van der Waals surface area contributed by atoms with Gasteiger partial charge in [-0.2, -0.15) is 0 Å². The van der Waals surface area contributed by atoms with Gasteiger partial charge in [-0.1, -0.05) is 6.58 Å². The Bertz CT molecular complexity index is 600. The predicted octanol–water partition coefficient (Wildman–Crippen LogP) is 1.51. The first-order valence-corrected chi connectivity index (χ1v) is 8.17. The van der Waals surface area contributed by atoms with Crippen LogP contribution in [0.3, 0.4) is 0 Å². The smallest absolute Gasteiger partial charge is 0.334 e. The fourth-order valence-corrected chi connectivity index (χ4v) is 4.20. The fourth-order valence-electron chi connectivity index (χ4n) is 4.20. The summed E-state index contributed by atoms with van der Waals surface area (Å²) in [5.41, 5.74) is -0.332. The molecule has 4 aliphatic rings. The molecule has 7 atom stereocenters. The van der Waals surface area contributed by atoms with E-state index in [4.69, 9.17) is 18.9 Å². The van der Waals surface area contributed by atoms with Crippen LogP contribution in [0.25, 0.3) is 0 Å². The van der Waals surface area contributed by atoms with Crippen LogP contribution in [0.15, 0.2) is 12.2 Å². The summed E-state index contributed by atoms with van der Waals surface area (Å²) in [5.74, 6) is -0.932. The van der Waals surface area contributed by atoms with Gasteiger partial charge in [0.1, 0.15) is 23.9 Å². The van der Waals surface area contributed by atoms with E-state index in [9.17, 15) is 9.59 Å². The number of hydrogen-bond acceptors (Lipinski definition) is 6. The van der Waals surface area contributed by atoms with Crippen molar-refractivity contribution in [2.24, 2.45) is 5.92 Å². The second kappa shape index (κ2) is 4.57. The van der Waals surface area contributed by atoms with Gasteiger partial charge in [-0.25, -0.2) is 4.79 Å². The van der Waals surface area contributed by atoms with E-state index >= 15 is 0 Å². The molecule has 4 rings (SSSR count). The lowest BCUT2D eigenvalue weighted by Gasteiger charge is -2.27. The summed E-state index contributed by atoms with van der Waals surface area (Å²) in [4.78, 5) is 23.5. The van der Waals surface area contributed by atoms with Crippen molar-refractivity contribution in [3.8, 4) is 0 Å². The van der Waals surface area contributed by atoms with Crippen molar-refractivity contribution < 1.29 is 28.5 Å². The minimum Gasteiger partial charge on any atom is -0.459 e. The van der Waals surface area contributed by atoms with Crippen LogP contribution >= 0.6 is 0 Å². The Labute approximate surface area is 135 Å². The van der Waals surface area contributed by atoms with Crippen LogP contribution < -0.4 is 0 Å². The molecule has 0 bridgehead atoms. The largest absolute Gasteiger partial charge is 0.459 e. The van der Waals surface area contributed by atoms with Gasteiger partial charge in [0.25, 0.3) is 0 Å². The molecule has 23 heavy (non-hydrogen) atoms. The summed E-state index contributed by atoms with van der Waals surface area (Å²) >= 11 is 0. The average Bonchev–Trinajstić information content (AvgIpc) is 3.31. The number of esters is 2. The van der Waals surface area contributed by atoms with Crippen molar-refractivity contribution in [3.05, 3.63) is 12.2 Å². The SMILES string of the molecule is C=C1C(=O)O[C@@H]2[C@H]3O[C@]3(C)CC[C@H]3O[C@]3(C)[C@H](OC(C)=O)C[C@@H]12. The van der Waals surface area contributed by atoms with Crippen LogP contribution in [0.1, 0.15) is 40.0 Å². The highest BCUT2D eigenvalue weighted by Gasteiger charge is 2.67. The molecular formula is C17H22O6. The van der Waals surface area contributed by atoms with E-state index in [-0.39, 0.29) is 41.8 Å². The van der Waals surface area contributed by atoms with Gasteiger partial charge in [-0.3, -0.25) is 4.79 Å². The quantitative estimate of drug-likeness (QED) is 0.414. The monoisotopic (exact) mass is 322 g/mol. The van der Waals surface area contributed by atoms with Crippen LogP contribution in [0, 0.1) is 5.92 Å². The van der Waals surface area contributed by atoms with Gasteiger partial charge in [0, 0.05) is 18.4 Å². The number of epoxide rings is 2. The standard InChI is InChI=1S/C17H22O6/c1-8-10-7-12(20-9(2)18)17(4)11(22-17)5-6-16(3)14(23-16)13(10)21-15(8)19/h10-14H,1,5-7H2,2-4H3/t10-,11+,12+,13-,14+,16+,17-/m0/s1. The molecule has 1 saturated carbocycles. The summed E-state index contributed by atoms with van der Waals surface area (Å²) in [6.45, 7) is 9.30. The first-order valence-electron chi connectivity index (χ1n) is 8.17. The number of carbonyl (C=O) groups excluding carboxylic acids is 2. The minimum atomic E-state index is -0.500. The van der Waals surface area contributed by atoms with Crippen LogP contribution in [-0.4, -0.2) is 47.6 Å². The molecular weight excluding hydrogens is 300 g/mol. The molecule has 0 radical (unpaired) electrons. The van der Waals surface area contributed by atoms with Gasteiger partial charge < -0.3 is 18.9 Å². The molecule has 3 saturated heterocycles. The number of rotatable bonds is 1. The highest BCUT2D eigenvalue weighted by molar-refractivity contribution is 5.91. The van der Waals surface area contributed by atoms with Crippen molar-refractivity contribution >= 4 is 11.9 Å². The van der Waals surface area contributed by atoms with Gasteiger partial charge >= 0.3 is 11.9 Å². The molecule has 0 spiro atoms. The van der Waals surface area contributed by atoms with Crippen molar-refractivity contribution in [2.75, 3.05) is 0 Å². The first kappa shape index (κ1) is 15.1. The zero-order valence-corrected chi connectivity index (χ0v) is 13.7. The predicted molar refractivity (Wildman–Crippen MR) is 78.5 cm³/mol. The molecule has 0 aromatic heterocycles. The van der Waals surface area contributed by atoms with Crippen molar-refractivity contribution in [3.63, 3.8) is 0 Å². The number of hydrogen-bond donors (Lipinski definition) is 0. The van der Waals surface area contributed by atoms with E-state index in [2.05, 4.69) is 13.5 Å². The molecule has 0 N–H and O–H groups in total. The van der Waals surface area contributed by atoms with Crippen molar-refractivity contribution in [2.45, 2.75) is 75.7 Å². The lowest BCUT2D eigenvalue weighted by atomic mass is 9.80. The van der Waals surface area contributed by atoms with E-state index in [1.807, 2.05) is 6.92 Å². The Morgan fingerprint density at radius 2 is 2.09 bits per heavy atom. The molecule has 6 heteroatoms. The van der Waals surface area contributed by atoms with E-state index in [0.29, 0.717) is 12.0 Å². The molecule has 126 valence electrons.